The highest BCUT2D eigenvalue weighted by atomic mass is 32.1. The molecular weight excluding hydrogens is 272 g/mol. The molecule has 0 atom stereocenters. The molecule has 0 aromatic carbocycles. The smallest absolute Gasteiger partial charge is 0.275 e. The minimum atomic E-state index is -0.192. The van der Waals surface area contributed by atoms with E-state index in [9.17, 15) is 4.79 Å². The lowest BCUT2D eigenvalue weighted by molar-refractivity contribution is 0.0957. The van der Waals surface area contributed by atoms with Gasteiger partial charge in [-0.1, -0.05) is 0 Å². The molecule has 1 aliphatic carbocycles. The van der Waals surface area contributed by atoms with Gasteiger partial charge in [0.2, 0.25) is 0 Å². The Morgan fingerprint density at radius 3 is 2.70 bits per heavy atom. The molecular formula is C14H22N4OS. The molecule has 6 heteroatoms. The van der Waals surface area contributed by atoms with E-state index >= 15 is 0 Å². The first-order valence-electron chi connectivity index (χ1n) is 7.24. The van der Waals surface area contributed by atoms with Crippen LogP contribution in [0, 0.1) is 6.92 Å². The largest absolute Gasteiger partial charge is 0.298 e. The molecule has 1 saturated heterocycles. The Morgan fingerprint density at radius 1 is 1.40 bits per heavy atom. The summed E-state index contributed by atoms with van der Waals surface area (Å²) in [6.45, 7) is 7.65. The number of thiophene rings is 1. The number of piperazine rings is 1. The SMILES string of the molecule is Cc1sc(C(=O)NN)cc1CN1CCN(C2CC2)CC1. The van der Waals surface area contributed by atoms with Gasteiger partial charge >= 0.3 is 0 Å². The Kier molecular flexibility index (Phi) is 4.07. The van der Waals surface area contributed by atoms with Gasteiger partial charge in [0.25, 0.3) is 5.91 Å². The lowest BCUT2D eigenvalue weighted by atomic mass is 10.2. The van der Waals surface area contributed by atoms with Gasteiger partial charge in [-0.2, -0.15) is 0 Å². The van der Waals surface area contributed by atoms with Crippen LogP contribution in [0.3, 0.4) is 0 Å². The van der Waals surface area contributed by atoms with Crippen molar-refractivity contribution in [3.63, 3.8) is 0 Å². The van der Waals surface area contributed by atoms with E-state index in [1.165, 1.54) is 47.7 Å². The predicted octanol–water partition coefficient (Wildman–Crippen LogP) is 0.940. The van der Waals surface area contributed by atoms with Gasteiger partial charge < -0.3 is 0 Å². The van der Waals surface area contributed by atoms with Crippen molar-refractivity contribution in [2.24, 2.45) is 5.84 Å². The second-order valence-electron chi connectivity index (χ2n) is 5.71. The van der Waals surface area contributed by atoms with Crippen molar-refractivity contribution in [3.8, 4) is 0 Å². The second kappa shape index (κ2) is 5.81. The van der Waals surface area contributed by atoms with Crippen LogP contribution >= 0.6 is 11.3 Å². The molecule has 0 unspecified atom stereocenters. The number of nitrogen functional groups attached to an aromatic ring is 1. The van der Waals surface area contributed by atoms with E-state index in [1.54, 1.807) is 0 Å². The highest BCUT2D eigenvalue weighted by molar-refractivity contribution is 7.14. The highest BCUT2D eigenvalue weighted by Gasteiger charge is 2.31. The van der Waals surface area contributed by atoms with Gasteiger partial charge in [0, 0.05) is 43.6 Å². The number of amides is 1. The van der Waals surface area contributed by atoms with Crippen molar-refractivity contribution >= 4 is 17.2 Å². The van der Waals surface area contributed by atoms with Gasteiger partial charge in [-0.05, 0) is 31.4 Å². The molecule has 0 bridgehead atoms. The van der Waals surface area contributed by atoms with Crippen LogP contribution in [0.5, 0.6) is 0 Å². The normalized spacial score (nSPS) is 21.1. The summed E-state index contributed by atoms with van der Waals surface area (Å²) in [5.74, 6) is 5.00. The Labute approximate surface area is 123 Å². The molecule has 1 amide bonds. The zero-order valence-corrected chi connectivity index (χ0v) is 12.7. The van der Waals surface area contributed by atoms with Crippen LogP contribution in [0.25, 0.3) is 0 Å². The van der Waals surface area contributed by atoms with Crippen molar-refractivity contribution in [1.29, 1.82) is 0 Å². The molecule has 5 nitrogen and oxygen atoms in total. The van der Waals surface area contributed by atoms with E-state index in [4.69, 9.17) is 5.84 Å². The standard InChI is InChI=1S/C14H22N4OS/c1-10-11(8-13(20-10)14(19)16-15)9-17-4-6-18(7-5-17)12-2-3-12/h8,12H,2-7,9,15H2,1H3,(H,16,19). The summed E-state index contributed by atoms with van der Waals surface area (Å²) in [6.07, 6.45) is 2.78. The van der Waals surface area contributed by atoms with Crippen LogP contribution in [0.2, 0.25) is 0 Å². The van der Waals surface area contributed by atoms with Gasteiger partial charge in [0.15, 0.2) is 0 Å². The van der Waals surface area contributed by atoms with Crippen LogP contribution < -0.4 is 11.3 Å². The van der Waals surface area contributed by atoms with Crippen LogP contribution in [0.4, 0.5) is 0 Å². The molecule has 1 saturated carbocycles. The fraction of sp³-hybridized carbons (Fsp3) is 0.643. The number of hydrogen-bond donors (Lipinski definition) is 2. The van der Waals surface area contributed by atoms with Crippen LogP contribution in [-0.4, -0.2) is 47.9 Å². The number of hydrogen-bond acceptors (Lipinski definition) is 5. The second-order valence-corrected chi connectivity index (χ2v) is 6.97. The lowest BCUT2D eigenvalue weighted by Gasteiger charge is -2.34. The zero-order chi connectivity index (χ0) is 14.1. The van der Waals surface area contributed by atoms with Gasteiger partial charge in [-0.25, -0.2) is 5.84 Å². The summed E-state index contributed by atoms with van der Waals surface area (Å²) in [5, 5.41) is 0. The molecule has 2 fully saturated rings. The molecule has 110 valence electrons. The average molecular weight is 294 g/mol. The molecule has 2 heterocycles. The molecule has 2 aliphatic rings. The number of carbonyl (C=O) groups is 1. The Hall–Kier alpha value is -0.950. The summed E-state index contributed by atoms with van der Waals surface area (Å²) < 4.78 is 0. The Morgan fingerprint density at radius 2 is 2.10 bits per heavy atom. The quantitative estimate of drug-likeness (QED) is 0.493. The zero-order valence-electron chi connectivity index (χ0n) is 11.9. The fourth-order valence-corrected chi connectivity index (χ4v) is 3.76. The van der Waals surface area contributed by atoms with E-state index in [0.29, 0.717) is 4.88 Å². The molecule has 3 N–H and O–H groups in total. The van der Waals surface area contributed by atoms with Gasteiger partial charge in [-0.3, -0.25) is 20.0 Å². The lowest BCUT2D eigenvalue weighted by Crippen LogP contribution is -2.46. The molecule has 3 rings (SSSR count). The first kappa shape index (κ1) is 14.0. The number of hydrazine groups is 1. The van der Waals surface area contributed by atoms with Crippen LogP contribution in [0.15, 0.2) is 6.07 Å². The fourth-order valence-electron chi connectivity index (χ4n) is 2.83. The van der Waals surface area contributed by atoms with E-state index in [2.05, 4.69) is 22.1 Å². The van der Waals surface area contributed by atoms with Crippen molar-refractivity contribution in [2.75, 3.05) is 26.2 Å². The maximum atomic E-state index is 11.6. The number of nitrogens with two attached hydrogens (primary N) is 1. The van der Waals surface area contributed by atoms with Crippen molar-refractivity contribution in [2.45, 2.75) is 32.4 Å². The summed E-state index contributed by atoms with van der Waals surface area (Å²) in [5.41, 5.74) is 3.46. The molecule has 1 aliphatic heterocycles. The first-order chi connectivity index (χ1) is 9.67. The number of nitrogens with zero attached hydrogens (tertiary/aromatic N) is 2. The topological polar surface area (TPSA) is 61.6 Å². The number of rotatable bonds is 4. The van der Waals surface area contributed by atoms with Crippen molar-refractivity contribution < 1.29 is 4.79 Å². The third-order valence-electron chi connectivity index (χ3n) is 4.24. The Balaban J connectivity index is 1.57. The van der Waals surface area contributed by atoms with Crippen molar-refractivity contribution in [1.82, 2.24) is 15.2 Å². The summed E-state index contributed by atoms with van der Waals surface area (Å²) >= 11 is 1.52. The third kappa shape index (κ3) is 3.03. The summed E-state index contributed by atoms with van der Waals surface area (Å²) in [7, 11) is 0. The maximum absolute atomic E-state index is 11.6. The van der Waals surface area contributed by atoms with E-state index < -0.39 is 0 Å². The molecule has 0 spiro atoms. The van der Waals surface area contributed by atoms with E-state index in [1.807, 2.05) is 6.07 Å². The monoisotopic (exact) mass is 294 g/mol. The number of aryl methyl sites for hydroxylation is 1. The van der Waals surface area contributed by atoms with E-state index in [0.717, 1.165) is 25.7 Å². The molecule has 1 aromatic heterocycles. The highest BCUT2D eigenvalue weighted by Crippen LogP contribution is 2.28. The van der Waals surface area contributed by atoms with Gasteiger partial charge in [0.1, 0.15) is 0 Å². The molecule has 1 aromatic rings. The van der Waals surface area contributed by atoms with Gasteiger partial charge in [-0.15, -0.1) is 11.3 Å². The minimum Gasteiger partial charge on any atom is -0.298 e. The molecule has 20 heavy (non-hydrogen) atoms. The third-order valence-corrected chi connectivity index (χ3v) is 5.33. The van der Waals surface area contributed by atoms with E-state index in [-0.39, 0.29) is 5.91 Å². The van der Waals surface area contributed by atoms with Crippen LogP contribution in [0.1, 0.15) is 33.0 Å². The summed E-state index contributed by atoms with van der Waals surface area (Å²) in [4.78, 5) is 18.6. The van der Waals surface area contributed by atoms with Crippen molar-refractivity contribution in [3.05, 3.63) is 21.4 Å². The first-order valence-corrected chi connectivity index (χ1v) is 8.05. The maximum Gasteiger partial charge on any atom is 0.275 e. The number of carbonyl (C=O) groups excluding carboxylic acids is 1. The predicted molar refractivity (Wildman–Crippen MR) is 80.6 cm³/mol. The Bertz CT molecular complexity index is 489. The number of nitrogens with one attached hydrogen (secondary N) is 1. The average Bonchev–Trinajstić information content (AvgIpc) is 3.24. The summed E-state index contributed by atoms with van der Waals surface area (Å²) in [6, 6.07) is 2.86. The minimum absolute atomic E-state index is 0.192. The molecule has 0 radical (unpaired) electrons. The van der Waals surface area contributed by atoms with Gasteiger partial charge in [0.05, 0.1) is 4.88 Å². The van der Waals surface area contributed by atoms with Crippen LogP contribution in [-0.2, 0) is 6.54 Å².